The first-order valence-electron chi connectivity index (χ1n) is 6.83. The third-order valence-electron chi connectivity index (χ3n) is 3.28. The molecule has 0 fully saturated rings. The number of hydrogen-bond donors (Lipinski definition) is 3. The molecule has 0 aliphatic rings. The number of hydrogen-bond acceptors (Lipinski definition) is 3. The van der Waals surface area contributed by atoms with E-state index in [-0.39, 0.29) is 5.91 Å². The van der Waals surface area contributed by atoms with Gasteiger partial charge in [-0.3, -0.25) is 4.79 Å². The molecule has 4 N–H and O–H groups in total. The van der Waals surface area contributed by atoms with E-state index in [9.17, 15) is 4.79 Å². The summed E-state index contributed by atoms with van der Waals surface area (Å²) in [6.07, 6.45) is 0. The molecule has 5 heteroatoms. The number of amides is 1. The van der Waals surface area contributed by atoms with Crippen molar-refractivity contribution in [3.05, 3.63) is 36.4 Å². The molecule has 0 bridgehead atoms. The molecule has 3 rings (SSSR count). The lowest BCUT2D eigenvalue weighted by Crippen LogP contribution is -2.10. The van der Waals surface area contributed by atoms with Crippen molar-refractivity contribution in [3.8, 4) is 5.75 Å². The van der Waals surface area contributed by atoms with E-state index in [2.05, 4.69) is 10.3 Å². The largest absolute Gasteiger partial charge is 0.492 e. The van der Waals surface area contributed by atoms with Crippen molar-refractivity contribution in [1.82, 2.24) is 4.98 Å². The van der Waals surface area contributed by atoms with Crippen molar-refractivity contribution in [3.63, 3.8) is 0 Å². The van der Waals surface area contributed by atoms with Crippen molar-refractivity contribution in [2.45, 2.75) is 6.92 Å². The van der Waals surface area contributed by atoms with Gasteiger partial charge < -0.3 is 20.8 Å². The van der Waals surface area contributed by atoms with Crippen molar-refractivity contribution in [2.24, 2.45) is 5.73 Å². The Bertz CT molecular complexity index is 808. The summed E-state index contributed by atoms with van der Waals surface area (Å²) in [6, 6.07) is 11.8. The van der Waals surface area contributed by atoms with Crippen LogP contribution in [0.15, 0.2) is 36.4 Å². The molecule has 5 nitrogen and oxygen atoms in total. The van der Waals surface area contributed by atoms with Gasteiger partial charge in [-0.05, 0) is 24.3 Å². The minimum Gasteiger partial charge on any atom is -0.492 e. The van der Waals surface area contributed by atoms with E-state index >= 15 is 0 Å². The van der Waals surface area contributed by atoms with E-state index in [4.69, 9.17) is 10.5 Å². The van der Waals surface area contributed by atoms with Crippen LogP contribution in [-0.2, 0) is 4.79 Å². The number of carbonyl (C=O) groups excluding carboxylic acids is 1. The van der Waals surface area contributed by atoms with E-state index in [1.54, 1.807) is 0 Å². The van der Waals surface area contributed by atoms with Crippen LogP contribution in [0.5, 0.6) is 5.75 Å². The Morgan fingerprint density at radius 1 is 1.19 bits per heavy atom. The van der Waals surface area contributed by atoms with Crippen LogP contribution in [0.25, 0.3) is 21.8 Å². The minimum atomic E-state index is -0.0806. The summed E-state index contributed by atoms with van der Waals surface area (Å²) in [6.45, 7) is 2.49. The Kier molecular flexibility index (Phi) is 3.50. The molecule has 0 unspecified atom stereocenters. The molecule has 0 saturated carbocycles. The zero-order valence-corrected chi connectivity index (χ0v) is 11.8. The third-order valence-corrected chi connectivity index (χ3v) is 3.28. The highest BCUT2D eigenvalue weighted by Gasteiger charge is 2.07. The second-order valence-electron chi connectivity index (χ2n) is 4.91. The number of nitrogens with two attached hydrogens (primary N) is 1. The lowest BCUT2D eigenvalue weighted by molar-refractivity contribution is -0.114. The number of carbonyl (C=O) groups is 1. The van der Waals surface area contributed by atoms with Crippen LogP contribution in [0.1, 0.15) is 6.92 Å². The topological polar surface area (TPSA) is 80.1 Å². The van der Waals surface area contributed by atoms with Crippen LogP contribution < -0.4 is 15.8 Å². The summed E-state index contributed by atoms with van der Waals surface area (Å²) in [5.74, 6) is 0.713. The van der Waals surface area contributed by atoms with Crippen molar-refractivity contribution >= 4 is 33.4 Å². The fraction of sp³-hybridized carbons (Fsp3) is 0.188. The van der Waals surface area contributed by atoms with Gasteiger partial charge in [0, 0.05) is 41.5 Å². The maximum atomic E-state index is 11.1. The summed E-state index contributed by atoms with van der Waals surface area (Å²) in [4.78, 5) is 14.5. The molecule has 2 aromatic carbocycles. The second kappa shape index (κ2) is 5.46. The normalized spacial score (nSPS) is 11.0. The monoisotopic (exact) mass is 283 g/mol. The molecular formula is C16H17N3O2. The smallest absolute Gasteiger partial charge is 0.221 e. The Morgan fingerprint density at radius 3 is 2.62 bits per heavy atom. The highest BCUT2D eigenvalue weighted by molar-refractivity contribution is 6.08. The van der Waals surface area contributed by atoms with Gasteiger partial charge in [0.2, 0.25) is 5.91 Å². The van der Waals surface area contributed by atoms with Gasteiger partial charge in [0.05, 0.1) is 5.52 Å². The van der Waals surface area contributed by atoms with Gasteiger partial charge in [-0.2, -0.15) is 0 Å². The molecule has 108 valence electrons. The van der Waals surface area contributed by atoms with E-state index in [0.29, 0.717) is 13.2 Å². The first-order chi connectivity index (χ1) is 10.2. The number of H-pyrrole nitrogens is 1. The standard InChI is InChI=1S/C16H17N3O2/c1-10(20)18-11-2-4-13-14-5-3-12(21-7-6-17)9-16(14)19-15(13)8-11/h2-5,8-9,19H,6-7,17H2,1H3,(H,18,20). The Balaban J connectivity index is 2.04. The fourth-order valence-corrected chi connectivity index (χ4v) is 2.44. The van der Waals surface area contributed by atoms with Gasteiger partial charge >= 0.3 is 0 Å². The summed E-state index contributed by atoms with van der Waals surface area (Å²) >= 11 is 0. The Labute approximate surface area is 122 Å². The van der Waals surface area contributed by atoms with Crippen LogP contribution in [0, 0.1) is 0 Å². The quantitative estimate of drug-likeness (QED) is 0.688. The van der Waals surface area contributed by atoms with Gasteiger partial charge in [0.1, 0.15) is 12.4 Å². The number of benzene rings is 2. The zero-order chi connectivity index (χ0) is 14.8. The zero-order valence-electron chi connectivity index (χ0n) is 11.8. The molecule has 0 atom stereocenters. The summed E-state index contributed by atoms with van der Waals surface area (Å²) in [7, 11) is 0. The molecule has 3 aromatic rings. The average Bonchev–Trinajstić information content (AvgIpc) is 2.81. The van der Waals surface area contributed by atoms with Crippen LogP contribution in [0.3, 0.4) is 0 Å². The Hall–Kier alpha value is -2.53. The number of aromatic nitrogens is 1. The second-order valence-corrected chi connectivity index (χ2v) is 4.91. The number of fused-ring (bicyclic) bond motifs is 3. The molecule has 21 heavy (non-hydrogen) atoms. The number of anilines is 1. The predicted octanol–water partition coefficient (Wildman–Crippen LogP) is 2.62. The van der Waals surface area contributed by atoms with Crippen molar-refractivity contribution < 1.29 is 9.53 Å². The lowest BCUT2D eigenvalue weighted by atomic mass is 10.1. The minimum absolute atomic E-state index is 0.0806. The number of rotatable bonds is 4. The van der Waals surface area contributed by atoms with Crippen molar-refractivity contribution in [2.75, 3.05) is 18.5 Å². The van der Waals surface area contributed by atoms with Crippen LogP contribution >= 0.6 is 0 Å². The molecule has 1 aromatic heterocycles. The van der Waals surface area contributed by atoms with E-state index in [1.807, 2.05) is 36.4 Å². The highest BCUT2D eigenvalue weighted by Crippen LogP contribution is 2.30. The number of aromatic amines is 1. The molecule has 0 radical (unpaired) electrons. The molecule has 1 heterocycles. The molecule has 1 amide bonds. The number of ether oxygens (including phenoxy) is 1. The maximum Gasteiger partial charge on any atom is 0.221 e. The van der Waals surface area contributed by atoms with Gasteiger partial charge in [-0.1, -0.05) is 6.07 Å². The molecule has 0 aliphatic heterocycles. The van der Waals surface area contributed by atoms with Gasteiger partial charge in [0.15, 0.2) is 0 Å². The van der Waals surface area contributed by atoms with Crippen LogP contribution in [-0.4, -0.2) is 24.0 Å². The van der Waals surface area contributed by atoms with Crippen molar-refractivity contribution in [1.29, 1.82) is 0 Å². The lowest BCUT2D eigenvalue weighted by Gasteiger charge is -2.03. The fourth-order valence-electron chi connectivity index (χ4n) is 2.44. The van der Waals surface area contributed by atoms with E-state index in [0.717, 1.165) is 33.2 Å². The molecular weight excluding hydrogens is 266 g/mol. The summed E-state index contributed by atoms with van der Waals surface area (Å²) < 4.78 is 5.53. The first-order valence-corrected chi connectivity index (χ1v) is 6.83. The third kappa shape index (κ3) is 2.68. The van der Waals surface area contributed by atoms with Gasteiger partial charge in [-0.25, -0.2) is 0 Å². The molecule has 0 saturated heterocycles. The summed E-state index contributed by atoms with van der Waals surface area (Å²) in [5.41, 5.74) is 8.20. The highest BCUT2D eigenvalue weighted by atomic mass is 16.5. The average molecular weight is 283 g/mol. The van der Waals surface area contributed by atoms with Crippen LogP contribution in [0.4, 0.5) is 5.69 Å². The predicted molar refractivity (Wildman–Crippen MR) is 84.7 cm³/mol. The SMILES string of the molecule is CC(=O)Nc1ccc2c(c1)[nH]c1cc(OCCN)ccc12. The van der Waals surface area contributed by atoms with E-state index < -0.39 is 0 Å². The van der Waals surface area contributed by atoms with Crippen LogP contribution in [0.2, 0.25) is 0 Å². The first kappa shape index (κ1) is 13.5. The van der Waals surface area contributed by atoms with E-state index in [1.165, 1.54) is 6.92 Å². The van der Waals surface area contributed by atoms with Gasteiger partial charge in [-0.15, -0.1) is 0 Å². The Morgan fingerprint density at radius 2 is 1.90 bits per heavy atom. The summed E-state index contributed by atoms with van der Waals surface area (Å²) in [5, 5.41) is 5.02. The molecule has 0 aliphatic carbocycles. The van der Waals surface area contributed by atoms with Gasteiger partial charge in [0.25, 0.3) is 0 Å². The molecule has 0 spiro atoms. The maximum absolute atomic E-state index is 11.1. The number of nitrogens with one attached hydrogen (secondary N) is 2.